The zero-order chi connectivity index (χ0) is 22.6. The van der Waals surface area contributed by atoms with Crippen LogP contribution < -0.4 is 18.7 Å². The lowest BCUT2D eigenvalue weighted by Crippen LogP contribution is -2.04. The molecule has 0 aliphatic heterocycles. The second-order valence-electron chi connectivity index (χ2n) is 6.37. The first-order chi connectivity index (χ1) is 14.8. The third kappa shape index (κ3) is 4.82. The molecule has 3 aromatic rings. The second kappa shape index (κ2) is 9.38. The lowest BCUT2D eigenvalue weighted by molar-refractivity contribution is 0.213. The number of rotatable bonds is 9. The summed E-state index contributed by atoms with van der Waals surface area (Å²) in [5, 5.41) is 8.18. The fraction of sp³-hybridized carbons (Fsp3) is 0.300. The average molecular weight is 449 g/mol. The van der Waals surface area contributed by atoms with E-state index in [1.165, 1.54) is 19.4 Å². The SMILES string of the molecule is CCOP(=O)(O)Oc1cc(OC)ccc1-c1cnnn1-c1cc(C)c(OC)c(OC)c1. The smallest absolute Gasteiger partial charge is 0.497 e. The third-order valence-corrected chi connectivity index (χ3v) is 5.43. The molecule has 2 aromatic carbocycles. The molecule has 0 spiro atoms. The lowest BCUT2D eigenvalue weighted by Gasteiger charge is -2.17. The van der Waals surface area contributed by atoms with Crippen molar-refractivity contribution < 1.29 is 32.7 Å². The van der Waals surface area contributed by atoms with Crippen LogP contribution in [0.4, 0.5) is 0 Å². The van der Waals surface area contributed by atoms with Crippen molar-refractivity contribution in [2.75, 3.05) is 27.9 Å². The summed E-state index contributed by atoms with van der Waals surface area (Å²) in [5.41, 5.74) is 2.47. The van der Waals surface area contributed by atoms with Crippen molar-refractivity contribution in [3.8, 4) is 39.9 Å². The Kier molecular flexibility index (Phi) is 6.84. The number of phosphoric acid groups is 1. The van der Waals surface area contributed by atoms with Crippen molar-refractivity contribution in [2.24, 2.45) is 0 Å². The van der Waals surface area contributed by atoms with Crippen LogP contribution in [0.15, 0.2) is 36.5 Å². The van der Waals surface area contributed by atoms with Crippen LogP contribution in [0.1, 0.15) is 12.5 Å². The van der Waals surface area contributed by atoms with Crippen molar-refractivity contribution in [1.29, 1.82) is 0 Å². The van der Waals surface area contributed by atoms with Crippen molar-refractivity contribution in [2.45, 2.75) is 13.8 Å². The first kappa shape index (κ1) is 22.6. The van der Waals surface area contributed by atoms with Gasteiger partial charge in [0.1, 0.15) is 11.5 Å². The molecule has 0 radical (unpaired) electrons. The van der Waals surface area contributed by atoms with Crippen molar-refractivity contribution in [3.63, 3.8) is 0 Å². The van der Waals surface area contributed by atoms with Gasteiger partial charge < -0.3 is 18.7 Å². The van der Waals surface area contributed by atoms with E-state index >= 15 is 0 Å². The number of nitrogens with zero attached hydrogens (tertiary/aromatic N) is 3. The van der Waals surface area contributed by atoms with Gasteiger partial charge in [0.25, 0.3) is 0 Å². The Hall–Kier alpha value is -3.07. The fourth-order valence-corrected chi connectivity index (χ4v) is 3.88. The van der Waals surface area contributed by atoms with Crippen LogP contribution in [0, 0.1) is 6.92 Å². The minimum absolute atomic E-state index is 0.0114. The molecule has 1 aromatic heterocycles. The normalized spacial score (nSPS) is 12.8. The zero-order valence-electron chi connectivity index (χ0n) is 17.9. The molecule has 1 unspecified atom stereocenters. The molecule has 1 heterocycles. The summed E-state index contributed by atoms with van der Waals surface area (Å²) in [6, 6.07) is 8.49. The summed E-state index contributed by atoms with van der Waals surface area (Å²) in [6.07, 6.45) is 1.52. The van der Waals surface area contributed by atoms with Crippen molar-refractivity contribution in [1.82, 2.24) is 15.0 Å². The predicted octanol–water partition coefficient (Wildman–Crippen LogP) is 3.78. The number of aryl methyl sites for hydroxylation is 1. The van der Waals surface area contributed by atoms with Gasteiger partial charge in [-0.3, -0.25) is 9.42 Å². The van der Waals surface area contributed by atoms with Gasteiger partial charge in [0.2, 0.25) is 0 Å². The van der Waals surface area contributed by atoms with Crippen LogP contribution in [0.25, 0.3) is 16.9 Å². The highest BCUT2D eigenvalue weighted by atomic mass is 31.2. The first-order valence-corrected chi connectivity index (χ1v) is 10.8. The van der Waals surface area contributed by atoms with Gasteiger partial charge in [0.05, 0.1) is 45.5 Å². The molecule has 31 heavy (non-hydrogen) atoms. The molecule has 1 atom stereocenters. The van der Waals surface area contributed by atoms with Gasteiger partial charge in [-0.05, 0) is 37.6 Å². The highest BCUT2D eigenvalue weighted by Crippen LogP contribution is 2.47. The predicted molar refractivity (Wildman–Crippen MR) is 113 cm³/mol. The number of ether oxygens (including phenoxy) is 3. The molecule has 0 saturated heterocycles. The Morgan fingerprint density at radius 2 is 1.84 bits per heavy atom. The number of aromatic nitrogens is 3. The molecule has 0 bridgehead atoms. The van der Waals surface area contributed by atoms with E-state index in [1.807, 2.05) is 13.0 Å². The minimum atomic E-state index is -4.33. The summed E-state index contributed by atoms with van der Waals surface area (Å²) >= 11 is 0. The molecule has 10 nitrogen and oxygen atoms in total. The number of methoxy groups -OCH3 is 3. The van der Waals surface area contributed by atoms with Crippen LogP contribution >= 0.6 is 7.82 Å². The maximum Gasteiger partial charge on any atom is 0.527 e. The van der Waals surface area contributed by atoms with Crippen LogP contribution in [0.5, 0.6) is 23.0 Å². The average Bonchev–Trinajstić information content (AvgIpc) is 3.22. The number of phosphoric ester groups is 1. The highest BCUT2D eigenvalue weighted by Gasteiger charge is 2.26. The van der Waals surface area contributed by atoms with E-state index in [0.29, 0.717) is 34.2 Å². The van der Waals surface area contributed by atoms with Gasteiger partial charge in [-0.1, -0.05) is 5.21 Å². The number of hydrogen-bond acceptors (Lipinski definition) is 8. The molecular formula is C20H24N3O7P. The molecule has 0 saturated carbocycles. The lowest BCUT2D eigenvalue weighted by atomic mass is 10.1. The minimum Gasteiger partial charge on any atom is -0.497 e. The molecule has 1 N–H and O–H groups in total. The Balaban J connectivity index is 2.14. The molecule has 0 aliphatic carbocycles. The van der Waals surface area contributed by atoms with Crippen LogP contribution in [0.3, 0.4) is 0 Å². The van der Waals surface area contributed by atoms with Gasteiger partial charge in [-0.25, -0.2) is 9.25 Å². The maximum atomic E-state index is 12.3. The van der Waals surface area contributed by atoms with Gasteiger partial charge >= 0.3 is 7.82 Å². The second-order valence-corrected chi connectivity index (χ2v) is 7.75. The van der Waals surface area contributed by atoms with Crippen LogP contribution in [-0.4, -0.2) is 47.8 Å². The topological polar surface area (TPSA) is 114 Å². The summed E-state index contributed by atoms with van der Waals surface area (Å²) in [5.74, 6) is 1.66. The molecule has 0 amide bonds. The van der Waals surface area contributed by atoms with E-state index in [0.717, 1.165) is 5.56 Å². The standard InChI is InChI=1S/C20H24N3O7P/c1-6-29-31(24,25)30-18-11-15(26-3)7-8-16(18)17-12-21-22-23(17)14-9-13(2)20(28-5)19(10-14)27-4/h7-12H,6H2,1-5H3,(H,24,25). The Morgan fingerprint density at radius 1 is 1.06 bits per heavy atom. The zero-order valence-corrected chi connectivity index (χ0v) is 18.8. The number of hydrogen-bond donors (Lipinski definition) is 1. The van der Waals surface area contributed by atoms with Crippen LogP contribution in [-0.2, 0) is 9.09 Å². The molecule has 166 valence electrons. The molecule has 3 rings (SSSR count). The molecular weight excluding hydrogens is 425 g/mol. The van der Waals surface area contributed by atoms with E-state index in [-0.39, 0.29) is 12.4 Å². The van der Waals surface area contributed by atoms with Crippen molar-refractivity contribution >= 4 is 7.82 Å². The van der Waals surface area contributed by atoms with Crippen molar-refractivity contribution in [3.05, 3.63) is 42.1 Å². The molecule has 0 aliphatic rings. The van der Waals surface area contributed by atoms with Gasteiger partial charge in [0, 0.05) is 17.7 Å². The largest absolute Gasteiger partial charge is 0.527 e. The monoisotopic (exact) mass is 449 g/mol. The quantitative estimate of drug-likeness (QED) is 0.487. The summed E-state index contributed by atoms with van der Waals surface area (Å²) < 4.78 is 40.1. The third-order valence-electron chi connectivity index (χ3n) is 4.41. The van der Waals surface area contributed by atoms with Crippen LogP contribution in [0.2, 0.25) is 0 Å². The van der Waals surface area contributed by atoms with E-state index in [2.05, 4.69) is 10.3 Å². The summed E-state index contributed by atoms with van der Waals surface area (Å²) in [7, 11) is 0.265. The first-order valence-electron chi connectivity index (χ1n) is 9.32. The summed E-state index contributed by atoms with van der Waals surface area (Å²) in [4.78, 5) is 10.0. The maximum absolute atomic E-state index is 12.3. The Labute approximate surface area is 179 Å². The van der Waals surface area contributed by atoms with Gasteiger partial charge in [-0.2, -0.15) is 0 Å². The van der Waals surface area contributed by atoms with Gasteiger partial charge in [-0.15, -0.1) is 5.10 Å². The molecule has 11 heteroatoms. The highest BCUT2D eigenvalue weighted by molar-refractivity contribution is 7.47. The van der Waals surface area contributed by atoms with Gasteiger partial charge in [0.15, 0.2) is 11.5 Å². The number of benzene rings is 2. The molecule has 0 fully saturated rings. The van der Waals surface area contributed by atoms with E-state index in [1.54, 1.807) is 44.0 Å². The summed E-state index contributed by atoms with van der Waals surface area (Å²) in [6.45, 7) is 3.49. The van der Waals surface area contributed by atoms with E-state index in [9.17, 15) is 9.46 Å². The van der Waals surface area contributed by atoms with E-state index in [4.69, 9.17) is 23.3 Å². The fourth-order valence-electron chi connectivity index (χ4n) is 3.10. The Bertz CT molecular complexity index is 1120. The van der Waals surface area contributed by atoms with E-state index < -0.39 is 7.82 Å². The Morgan fingerprint density at radius 3 is 2.48 bits per heavy atom.